The van der Waals surface area contributed by atoms with Crippen LogP contribution in [0.5, 0.6) is 0 Å². The topological polar surface area (TPSA) is 97.0 Å². The Morgan fingerprint density at radius 1 is 1.13 bits per heavy atom. The first-order chi connectivity index (χ1) is 14.9. The number of sulfone groups is 1. The summed E-state index contributed by atoms with van der Waals surface area (Å²) in [5.74, 6) is 0.0407. The van der Waals surface area contributed by atoms with E-state index in [1.165, 1.54) is 12.1 Å². The average molecular weight is 461 g/mol. The fourth-order valence-electron chi connectivity index (χ4n) is 3.85. The first-order valence-electron chi connectivity index (χ1n) is 9.74. The lowest BCUT2D eigenvalue weighted by Crippen LogP contribution is -2.29. The van der Waals surface area contributed by atoms with Crippen molar-refractivity contribution in [3.63, 3.8) is 0 Å². The largest absolute Gasteiger partial charge is 0.381 e. The number of hydrogen-bond acceptors (Lipinski definition) is 6. The molecule has 0 amide bonds. The van der Waals surface area contributed by atoms with E-state index >= 15 is 0 Å². The standard InChI is InChI=1S/C21H18ClFN4O3S/c22-16-11-19-14(10-20(16)31(28,29)13-4-7-30-8-5-13)17(3-6-24-19)25-21-15-9-12(23)1-2-18(15)26-27-21/h1-3,6,9-11,13H,4-5,7-8H2,(H2,24,25,26,27). The maximum Gasteiger partial charge on any atom is 0.182 e. The van der Waals surface area contributed by atoms with E-state index in [1.807, 2.05) is 0 Å². The van der Waals surface area contributed by atoms with Crippen LogP contribution in [0.3, 0.4) is 0 Å². The Labute approximate surface area is 182 Å². The third-order valence-corrected chi connectivity index (χ3v) is 8.21. The average Bonchev–Trinajstić information content (AvgIpc) is 3.15. The number of anilines is 2. The van der Waals surface area contributed by atoms with E-state index in [4.69, 9.17) is 16.3 Å². The number of aromatic amines is 1. The molecule has 2 N–H and O–H groups in total. The van der Waals surface area contributed by atoms with Gasteiger partial charge in [0, 0.05) is 30.2 Å². The molecule has 0 unspecified atom stereocenters. The maximum absolute atomic E-state index is 13.7. The molecule has 160 valence electrons. The molecule has 3 heterocycles. The van der Waals surface area contributed by atoms with E-state index in [0.717, 1.165) is 0 Å². The van der Waals surface area contributed by atoms with Gasteiger partial charge in [0.1, 0.15) is 5.82 Å². The molecule has 31 heavy (non-hydrogen) atoms. The van der Waals surface area contributed by atoms with Gasteiger partial charge >= 0.3 is 0 Å². The lowest BCUT2D eigenvalue weighted by atomic mass is 10.1. The first-order valence-corrected chi connectivity index (χ1v) is 11.7. The number of rotatable bonds is 4. The molecule has 0 saturated carbocycles. The van der Waals surface area contributed by atoms with E-state index in [0.29, 0.717) is 59.4 Å². The molecule has 1 aliphatic rings. The van der Waals surface area contributed by atoms with Gasteiger partial charge in [-0.3, -0.25) is 10.1 Å². The number of nitrogens with one attached hydrogen (secondary N) is 2. The molecular weight excluding hydrogens is 443 g/mol. The van der Waals surface area contributed by atoms with Crippen LogP contribution in [0.25, 0.3) is 21.8 Å². The molecule has 5 rings (SSSR count). The van der Waals surface area contributed by atoms with Gasteiger partial charge in [-0.25, -0.2) is 12.8 Å². The first kappa shape index (κ1) is 20.2. The summed E-state index contributed by atoms with van der Waals surface area (Å²) in [6, 6.07) is 9.14. The number of hydrogen-bond donors (Lipinski definition) is 2. The molecule has 10 heteroatoms. The summed E-state index contributed by atoms with van der Waals surface area (Å²) in [6.07, 6.45) is 2.45. The van der Waals surface area contributed by atoms with Gasteiger partial charge in [0.05, 0.1) is 31.9 Å². The zero-order valence-corrected chi connectivity index (χ0v) is 17.8. The Morgan fingerprint density at radius 3 is 2.74 bits per heavy atom. The van der Waals surface area contributed by atoms with E-state index < -0.39 is 15.1 Å². The van der Waals surface area contributed by atoms with Crippen LogP contribution in [-0.2, 0) is 14.6 Å². The highest BCUT2D eigenvalue weighted by Gasteiger charge is 2.31. The molecular formula is C21H18ClFN4O3S. The van der Waals surface area contributed by atoms with Gasteiger partial charge in [0.2, 0.25) is 0 Å². The van der Waals surface area contributed by atoms with Gasteiger partial charge in [0.15, 0.2) is 15.7 Å². The minimum absolute atomic E-state index is 0.0718. The predicted molar refractivity (Wildman–Crippen MR) is 117 cm³/mol. The molecule has 2 aromatic carbocycles. The summed E-state index contributed by atoms with van der Waals surface area (Å²) >= 11 is 6.37. The fourth-order valence-corrected chi connectivity index (χ4v) is 6.11. The van der Waals surface area contributed by atoms with Crippen LogP contribution >= 0.6 is 11.6 Å². The summed E-state index contributed by atoms with van der Waals surface area (Å²) in [5, 5.41) is 11.0. The van der Waals surface area contributed by atoms with Crippen molar-refractivity contribution in [3.8, 4) is 0 Å². The van der Waals surface area contributed by atoms with Crippen LogP contribution < -0.4 is 5.32 Å². The highest BCUT2D eigenvalue weighted by atomic mass is 35.5. The third-order valence-electron chi connectivity index (χ3n) is 5.49. The van der Waals surface area contributed by atoms with Crippen molar-refractivity contribution in [3.05, 3.63) is 53.4 Å². The van der Waals surface area contributed by atoms with Crippen molar-refractivity contribution in [2.24, 2.45) is 0 Å². The molecule has 0 aliphatic carbocycles. The molecule has 1 aliphatic heterocycles. The second kappa shape index (κ2) is 7.74. The van der Waals surface area contributed by atoms with Gasteiger partial charge < -0.3 is 10.1 Å². The van der Waals surface area contributed by atoms with Crippen molar-refractivity contribution >= 4 is 54.7 Å². The van der Waals surface area contributed by atoms with E-state index in [2.05, 4.69) is 20.5 Å². The third kappa shape index (κ3) is 3.62. The Morgan fingerprint density at radius 2 is 1.94 bits per heavy atom. The number of ether oxygens (including phenoxy) is 1. The number of pyridine rings is 1. The Hall–Kier alpha value is -2.75. The quantitative estimate of drug-likeness (QED) is 0.462. The SMILES string of the molecule is O=S(=O)(c1cc2c(Nc3n[nH]c4ccc(F)cc34)ccnc2cc1Cl)C1CCOCC1. The number of H-pyrrole nitrogens is 1. The Balaban J connectivity index is 1.61. The van der Waals surface area contributed by atoms with E-state index in [9.17, 15) is 12.8 Å². The zero-order valence-electron chi connectivity index (χ0n) is 16.2. The Bertz CT molecular complexity index is 1400. The van der Waals surface area contributed by atoms with Crippen LogP contribution in [0.2, 0.25) is 5.02 Å². The molecule has 4 aromatic rings. The number of fused-ring (bicyclic) bond motifs is 2. The molecule has 2 aromatic heterocycles. The van der Waals surface area contributed by atoms with Crippen molar-refractivity contribution in [2.75, 3.05) is 18.5 Å². The monoisotopic (exact) mass is 460 g/mol. The Kier molecular flexibility index (Phi) is 5.04. The normalized spacial score (nSPS) is 15.5. The molecule has 1 fully saturated rings. The number of nitrogens with zero attached hydrogens (tertiary/aromatic N) is 2. The van der Waals surface area contributed by atoms with Gasteiger partial charge in [0.25, 0.3) is 0 Å². The highest BCUT2D eigenvalue weighted by molar-refractivity contribution is 7.92. The number of halogens is 2. The minimum Gasteiger partial charge on any atom is -0.381 e. The molecule has 0 bridgehead atoms. The summed E-state index contributed by atoms with van der Waals surface area (Å²) in [5.41, 5.74) is 1.79. The second-order valence-electron chi connectivity index (χ2n) is 7.40. The van der Waals surface area contributed by atoms with Crippen LogP contribution in [0, 0.1) is 5.82 Å². The van der Waals surface area contributed by atoms with Crippen LogP contribution in [0.4, 0.5) is 15.9 Å². The smallest absolute Gasteiger partial charge is 0.182 e. The molecule has 1 saturated heterocycles. The van der Waals surface area contributed by atoms with Gasteiger partial charge in [-0.05, 0) is 49.2 Å². The van der Waals surface area contributed by atoms with Gasteiger partial charge in [-0.1, -0.05) is 11.6 Å². The summed E-state index contributed by atoms with van der Waals surface area (Å²) in [4.78, 5) is 4.39. The van der Waals surface area contributed by atoms with Crippen LogP contribution in [0.1, 0.15) is 12.8 Å². The minimum atomic E-state index is -3.64. The lowest BCUT2D eigenvalue weighted by molar-refractivity contribution is 0.0983. The highest BCUT2D eigenvalue weighted by Crippen LogP contribution is 2.35. The van der Waals surface area contributed by atoms with Crippen molar-refractivity contribution in [2.45, 2.75) is 23.0 Å². The van der Waals surface area contributed by atoms with Gasteiger partial charge in [-0.2, -0.15) is 5.10 Å². The fraction of sp³-hybridized carbons (Fsp3) is 0.238. The molecule has 0 radical (unpaired) electrons. The number of aromatic nitrogens is 3. The maximum atomic E-state index is 13.7. The van der Waals surface area contributed by atoms with Gasteiger partial charge in [-0.15, -0.1) is 0 Å². The summed E-state index contributed by atoms with van der Waals surface area (Å²) in [7, 11) is -3.64. The van der Waals surface area contributed by atoms with E-state index in [1.54, 1.807) is 30.5 Å². The zero-order chi connectivity index (χ0) is 21.6. The second-order valence-corrected chi connectivity index (χ2v) is 10.0. The van der Waals surface area contributed by atoms with Crippen molar-refractivity contribution in [1.29, 1.82) is 0 Å². The van der Waals surface area contributed by atoms with Crippen LogP contribution in [0.15, 0.2) is 47.5 Å². The van der Waals surface area contributed by atoms with Crippen molar-refractivity contribution in [1.82, 2.24) is 15.2 Å². The predicted octanol–water partition coefficient (Wildman–Crippen LogP) is 4.60. The molecule has 0 atom stereocenters. The van der Waals surface area contributed by atoms with Crippen LogP contribution in [-0.4, -0.2) is 42.1 Å². The molecule has 7 nitrogen and oxygen atoms in total. The lowest BCUT2D eigenvalue weighted by Gasteiger charge is -2.23. The number of benzene rings is 2. The summed E-state index contributed by atoms with van der Waals surface area (Å²) in [6.45, 7) is 0.818. The van der Waals surface area contributed by atoms with Crippen molar-refractivity contribution < 1.29 is 17.5 Å². The van der Waals surface area contributed by atoms with E-state index in [-0.39, 0.29) is 15.7 Å². The molecule has 0 spiro atoms. The summed E-state index contributed by atoms with van der Waals surface area (Å²) < 4.78 is 45.5.